The van der Waals surface area contributed by atoms with Gasteiger partial charge in [0.05, 0.1) is 23.1 Å². The maximum Gasteiger partial charge on any atom is 0.300 e. The zero-order valence-electron chi connectivity index (χ0n) is 18.5. The van der Waals surface area contributed by atoms with Crippen LogP contribution in [0.25, 0.3) is 5.76 Å². The second-order valence-corrected chi connectivity index (χ2v) is 8.11. The molecule has 2 heterocycles. The fourth-order valence-corrected chi connectivity index (χ4v) is 3.87. The number of hydrogen-bond donors (Lipinski definition) is 2. The molecule has 1 amide bonds. The molecule has 0 saturated carbocycles. The lowest BCUT2D eigenvalue weighted by Gasteiger charge is -2.25. The summed E-state index contributed by atoms with van der Waals surface area (Å²) in [6, 6.07) is 15.6. The van der Waals surface area contributed by atoms with Gasteiger partial charge in [-0.15, -0.1) is 0 Å². The first-order chi connectivity index (χ1) is 15.8. The van der Waals surface area contributed by atoms with Crippen LogP contribution in [0.15, 0.2) is 72.4 Å². The van der Waals surface area contributed by atoms with E-state index in [-0.39, 0.29) is 28.9 Å². The molecular weight excluding hydrogens is 420 g/mol. The number of anilines is 1. The molecule has 1 aromatic heterocycles. The van der Waals surface area contributed by atoms with Gasteiger partial charge >= 0.3 is 0 Å². The molecule has 0 bridgehead atoms. The highest BCUT2D eigenvalue weighted by Crippen LogP contribution is 2.44. The van der Waals surface area contributed by atoms with Gasteiger partial charge in [0.1, 0.15) is 23.3 Å². The molecule has 1 fully saturated rings. The minimum Gasteiger partial charge on any atom is -0.507 e. The summed E-state index contributed by atoms with van der Waals surface area (Å²) in [6.07, 6.45) is 1.47. The second-order valence-electron chi connectivity index (χ2n) is 8.11. The second kappa shape index (κ2) is 8.78. The van der Waals surface area contributed by atoms with Crippen LogP contribution in [-0.2, 0) is 9.59 Å². The van der Waals surface area contributed by atoms with Gasteiger partial charge in [-0.25, -0.2) is 0 Å². The van der Waals surface area contributed by atoms with Gasteiger partial charge in [-0.05, 0) is 62.7 Å². The minimum absolute atomic E-state index is 0.0780. The summed E-state index contributed by atoms with van der Waals surface area (Å²) in [4.78, 5) is 31.9. The highest BCUT2D eigenvalue weighted by molar-refractivity contribution is 6.51. The Labute approximate surface area is 191 Å². The van der Waals surface area contributed by atoms with Crippen LogP contribution in [0.5, 0.6) is 11.5 Å². The number of aromatic hydroxyl groups is 1. The van der Waals surface area contributed by atoms with Crippen molar-refractivity contribution in [2.24, 2.45) is 0 Å². The summed E-state index contributed by atoms with van der Waals surface area (Å²) in [7, 11) is 0. The Hall–Kier alpha value is -4.13. The first-order valence-corrected chi connectivity index (χ1v) is 10.6. The number of phenols is 1. The SMILES string of the molecule is Cc1ccc(O)c(N2C(=O)C(=O)/C(=C(/O)c3cccc(OC(C)C)c3)C2c2ccccn2)c1. The van der Waals surface area contributed by atoms with E-state index in [1.54, 1.807) is 60.8 Å². The first-order valence-electron chi connectivity index (χ1n) is 10.6. The number of pyridine rings is 1. The standard InChI is InChI=1S/C26H24N2O5/c1-15(2)33-18-8-6-7-17(14-18)24(30)22-23(19-9-4-5-12-27-19)28(26(32)25(22)31)20-13-16(3)10-11-21(20)29/h4-15,23,29-30H,1-3H3/b24-22+. The first kappa shape index (κ1) is 22.1. The third kappa shape index (κ3) is 4.17. The van der Waals surface area contributed by atoms with Crippen molar-refractivity contribution < 1.29 is 24.5 Å². The van der Waals surface area contributed by atoms with Crippen LogP contribution in [0.1, 0.15) is 36.7 Å². The molecule has 33 heavy (non-hydrogen) atoms. The average molecular weight is 444 g/mol. The Balaban J connectivity index is 1.93. The van der Waals surface area contributed by atoms with Crippen molar-refractivity contribution in [1.82, 2.24) is 4.98 Å². The molecule has 4 rings (SSSR count). The van der Waals surface area contributed by atoms with Crippen LogP contribution in [0.2, 0.25) is 0 Å². The van der Waals surface area contributed by atoms with Crippen molar-refractivity contribution in [2.45, 2.75) is 32.9 Å². The summed E-state index contributed by atoms with van der Waals surface area (Å²) in [6.45, 7) is 5.58. The summed E-state index contributed by atoms with van der Waals surface area (Å²) in [5.74, 6) is -1.69. The highest BCUT2D eigenvalue weighted by Gasteiger charge is 2.48. The number of benzene rings is 2. The number of aryl methyl sites for hydroxylation is 1. The third-order valence-corrected chi connectivity index (χ3v) is 5.28. The van der Waals surface area contributed by atoms with Gasteiger partial charge in [0.25, 0.3) is 11.7 Å². The van der Waals surface area contributed by atoms with Gasteiger partial charge in [0, 0.05) is 11.8 Å². The smallest absolute Gasteiger partial charge is 0.300 e. The van der Waals surface area contributed by atoms with Crippen LogP contribution in [0, 0.1) is 6.92 Å². The van der Waals surface area contributed by atoms with Crippen molar-refractivity contribution >= 4 is 23.1 Å². The zero-order valence-corrected chi connectivity index (χ0v) is 18.5. The number of nitrogens with zero attached hydrogens (tertiary/aromatic N) is 2. The van der Waals surface area contributed by atoms with Gasteiger partial charge < -0.3 is 14.9 Å². The molecule has 2 aromatic carbocycles. The maximum atomic E-state index is 13.2. The number of phenolic OH excluding ortho intramolecular Hbond substituents is 1. The Morgan fingerprint density at radius 2 is 1.85 bits per heavy atom. The van der Waals surface area contributed by atoms with E-state index in [1.807, 2.05) is 20.8 Å². The number of amides is 1. The molecule has 1 unspecified atom stereocenters. The molecule has 7 heteroatoms. The lowest BCUT2D eigenvalue weighted by atomic mass is 9.98. The molecule has 0 radical (unpaired) electrons. The molecule has 1 aliphatic rings. The van der Waals surface area contributed by atoms with Crippen LogP contribution < -0.4 is 9.64 Å². The predicted molar refractivity (Wildman–Crippen MR) is 124 cm³/mol. The number of aliphatic hydroxyl groups excluding tert-OH is 1. The molecule has 1 saturated heterocycles. The van der Waals surface area contributed by atoms with Gasteiger partial charge in [0.2, 0.25) is 0 Å². The van der Waals surface area contributed by atoms with Crippen LogP contribution in [0.3, 0.4) is 0 Å². The Morgan fingerprint density at radius 1 is 1.06 bits per heavy atom. The lowest BCUT2D eigenvalue weighted by molar-refractivity contribution is -0.132. The lowest BCUT2D eigenvalue weighted by Crippen LogP contribution is -2.30. The topological polar surface area (TPSA) is 100.0 Å². The number of aliphatic hydroxyl groups is 1. The summed E-state index contributed by atoms with van der Waals surface area (Å²) >= 11 is 0. The van der Waals surface area contributed by atoms with Gasteiger partial charge in [-0.2, -0.15) is 0 Å². The van der Waals surface area contributed by atoms with Crippen LogP contribution in [-0.4, -0.2) is 33.0 Å². The molecule has 168 valence electrons. The molecule has 1 aliphatic heterocycles. The number of carbonyl (C=O) groups is 2. The summed E-state index contributed by atoms with van der Waals surface area (Å²) < 4.78 is 5.71. The number of carbonyl (C=O) groups excluding carboxylic acids is 2. The van der Waals surface area contributed by atoms with E-state index in [0.717, 1.165) is 5.56 Å². The molecule has 3 aromatic rings. The van der Waals surface area contributed by atoms with Gasteiger partial charge in [0.15, 0.2) is 0 Å². The van der Waals surface area contributed by atoms with Crippen molar-refractivity contribution in [3.05, 3.63) is 89.3 Å². The van der Waals surface area contributed by atoms with E-state index in [4.69, 9.17) is 4.74 Å². The van der Waals surface area contributed by atoms with Gasteiger partial charge in [-0.1, -0.05) is 24.3 Å². The quantitative estimate of drug-likeness (QED) is 0.341. The monoisotopic (exact) mass is 444 g/mol. The number of aromatic nitrogens is 1. The largest absolute Gasteiger partial charge is 0.507 e. The van der Waals surface area contributed by atoms with E-state index in [0.29, 0.717) is 17.0 Å². The fraction of sp³-hybridized carbons (Fsp3) is 0.192. The summed E-state index contributed by atoms with van der Waals surface area (Å²) in [5, 5.41) is 21.7. The third-order valence-electron chi connectivity index (χ3n) is 5.28. The predicted octanol–water partition coefficient (Wildman–Crippen LogP) is 4.51. The molecule has 0 spiro atoms. The molecular formula is C26H24N2O5. The Bertz CT molecular complexity index is 1250. The van der Waals surface area contributed by atoms with Gasteiger partial charge in [-0.3, -0.25) is 19.5 Å². The fourth-order valence-electron chi connectivity index (χ4n) is 3.87. The van der Waals surface area contributed by atoms with E-state index in [9.17, 15) is 19.8 Å². The number of ether oxygens (including phenoxy) is 1. The number of Topliss-reactive ketones (excluding diaryl/α,β-unsaturated/α-hetero) is 1. The van der Waals surface area contributed by atoms with E-state index in [1.165, 1.54) is 11.0 Å². The van der Waals surface area contributed by atoms with E-state index >= 15 is 0 Å². The molecule has 1 atom stereocenters. The van der Waals surface area contributed by atoms with Crippen molar-refractivity contribution in [2.75, 3.05) is 4.90 Å². The average Bonchev–Trinajstić information content (AvgIpc) is 3.06. The Kier molecular flexibility index (Phi) is 5.87. The highest BCUT2D eigenvalue weighted by atomic mass is 16.5. The molecule has 0 aliphatic carbocycles. The maximum absolute atomic E-state index is 13.2. The minimum atomic E-state index is -1.02. The number of rotatable bonds is 5. The summed E-state index contributed by atoms with van der Waals surface area (Å²) in [5.41, 5.74) is 1.57. The van der Waals surface area contributed by atoms with Crippen LogP contribution in [0.4, 0.5) is 5.69 Å². The number of hydrogen-bond acceptors (Lipinski definition) is 6. The van der Waals surface area contributed by atoms with E-state index in [2.05, 4.69) is 4.98 Å². The normalized spacial score (nSPS) is 17.6. The van der Waals surface area contributed by atoms with Crippen molar-refractivity contribution in [1.29, 1.82) is 0 Å². The Morgan fingerprint density at radius 3 is 2.55 bits per heavy atom. The van der Waals surface area contributed by atoms with Crippen molar-refractivity contribution in [3.63, 3.8) is 0 Å². The number of ketones is 1. The van der Waals surface area contributed by atoms with E-state index < -0.39 is 17.7 Å². The molecule has 2 N–H and O–H groups in total. The van der Waals surface area contributed by atoms with Crippen LogP contribution >= 0.6 is 0 Å². The molecule has 7 nitrogen and oxygen atoms in total. The van der Waals surface area contributed by atoms with Crippen molar-refractivity contribution in [3.8, 4) is 11.5 Å². The zero-order chi connectivity index (χ0) is 23.7.